The van der Waals surface area contributed by atoms with E-state index >= 15 is 0 Å². The molecule has 176 valence electrons. The third-order valence-corrected chi connectivity index (χ3v) is 7.94. The quantitative estimate of drug-likeness (QED) is 0.672. The van der Waals surface area contributed by atoms with E-state index in [1.165, 1.54) is 16.9 Å². The van der Waals surface area contributed by atoms with Gasteiger partial charge in [-0.05, 0) is 31.2 Å². The van der Waals surface area contributed by atoms with Gasteiger partial charge in [-0.2, -0.15) is 0 Å². The van der Waals surface area contributed by atoms with Gasteiger partial charge in [-0.1, -0.05) is 41.7 Å². The number of nitrogens with zero attached hydrogens (tertiary/aromatic N) is 6. The van der Waals surface area contributed by atoms with Crippen LogP contribution in [-0.4, -0.2) is 77.6 Å². The summed E-state index contributed by atoms with van der Waals surface area (Å²) in [5.41, 5.74) is 1.32. The summed E-state index contributed by atoms with van der Waals surface area (Å²) < 4.78 is 0. The first-order chi connectivity index (χ1) is 16.2. The molecular weight excluding hydrogens is 436 g/mol. The molecule has 2 aromatic rings. The van der Waals surface area contributed by atoms with Crippen LogP contribution in [0.5, 0.6) is 0 Å². The van der Waals surface area contributed by atoms with Crippen LogP contribution in [0.3, 0.4) is 0 Å². The van der Waals surface area contributed by atoms with Gasteiger partial charge < -0.3 is 9.80 Å². The Kier molecular flexibility index (Phi) is 6.87. The molecule has 9 heteroatoms. The molecule has 3 saturated heterocycles. The van der Waals surface area contributed by atoms with Crippen LogP contribution < -0.4 is 9.80 Å². The van der Waals surface area contributed by atoms with Crippen molar-refractivity contribution >= 4 is 33.4 Å². The molecule has 3 aliphatic rings. The molecule has 1 atom stereocenters. The lowest BCUT2D eigenvalue weighted by atomic mass is 9.96. The maximum atomic E-state index is 13.3. The predicted octanol–water partition coefficient (Wildman–Crippen LogP) is 2.62. The third kappa shape index (κ3) is 5.19. The zero-order valence-corrected chi connectivity index (χ0v) is 19.9. The Morgan fingerprint density at radius 2 is 1.73 bits per heavy atom. The number of benzene rings is 1. The lowest BCUT2D eigenvalue weighted by molar-refractivity contribution is -0.137. The number of hydrogen-bond acceptors (Lipinski definition) is 7. The van der Waals surface area contributed by atoms with Gasteiger partial charge in [-0.3, -0.25) is 19.4 Å². The summed E-state index contributed by atoms with van der Waals surface area (Å²) in [6.07, 6.45) is 4.46. The van der Waals surface area contributed by atoms with E-state index in [4.69, 9.17) is 0 Å². The predicted molar refractivity (Wildman–Crippen MR) is 129 cm³/mol. The fraction of sp³-hybridized carbons (Fsp3) is 0.583. The van der Waals surface area contributed by atoms with Gasteiger partial charge in [-0.15, -0.1) is 10.2 Å². The molecule has 3 aliphatic heterocycles. The highest BCUT2D eigenvalue weighted by Crippen LogP contribution is 2.32. The van der Waals surface area contributed by atoms with E-state index < -0.39 is 0 Å². The molecule has 0 radical (unpaired) electrons. The number of rotatable bonds is 5. The van der Waals surface area contributed by atoms with Crippen LogP contribution in [0.25, 0.3) is 0 Å². The summed E-state index contributed by atoms with van der Waals surface area (Å²) in [6, 6.07) is 10.5. The van der Waals surface area contributed by atoms with Gasteiger partial charge >= 0.3 is 0 Å². The van der Waals surface area contributed by atoms with Gasteiger partial charge in [0.05, 0.1) is 5.92 Å². The highest BCUT2D eigenvalue weighted by molar-refractivity contribution is 7.19. The standard InChI is InChI=1S/C24H32N6O2S/c31-21-10-4-5-12-30(21)24-26-25-23(33-24)29-11-6-9-20(18-29)22(32)28-15-13-27(14-16-28)17-19-7-2-1-3-8-19/h1-3,7-8,20H,4-6,9-18H2. The Bertz CT molecular complexity index is 959. The fourth-order valence-electron chi connectivity index (χ4n) is 5.03. The Balaban J connectivity index is 1.15. The van der Waals surface area contributed by atoms with Crippen LogP contribution in [0, 0.1) is 5.92 Å². The number of carbonyl (C=O) groups is 2. The number of carbonyl (C=O) groups excluding carboxylic acids is 2. The minimum Gasteiger partial charge on any atom is -0.346 e. The van der Waals surface area contributed by atoms with Crippen LogP contribution in [0.4, 0.5) is 10.3 Å². The van der Waals surface area contributed by atoms with Crippen molar-refractivity contribution < 1.29 is 9.59 Å². The first-order valence-corrected chi connectivity index (χ1v) is 12.9. The van der Waals surface area contributed by atoms with E-state index in [9.17, 15) is 9.59 Å². The smallest absolute Gasteiger partial charge is 0.228 e. The summed E-state index contributed by atoms with van der Waals surface area (Å²) in [4.78, 5) is 33.9. The van der Waals surface area contributed by atoms with Crippen LogP contribution >= 0.6 is 11.3 Å². The maximum absolute atomic E-state index is 13.3. The molecule has 0 N–H and O–H groups in total. The van der Waals surface area contributed by atoms with Crippen molar-refractivity contribution in [1.82, 2.24) is 20.0 Å². The Morgan fingerprint density at radius 3 is 2.52 bits per heavy atom. The number of aromatic nitrogens is 2. The molecule has 0 spiro atoms. The number of piperidine rings is 2. The normalized spacial score (nSPS) is 22.6. The van der Waals surface area contributed by atoms with E-state index in [1.807, 2.05) is 11.0 Å². The maximum Gasteiger partial charge on any atom is 0.228 e. The number of hydrogen-bond donors (Lipinski definition) is 0. The second-order valence-electron chi connectivity index (χ2n) is 9.24. The topological polar surface area (TPSA) is 72.9 Å². The molecule has 8 nitrogen and oxygen atoms in total. The summed E-state index contributed by atoms with van der Waals surface area (Å²) in [5.74, 6) is 0.417. The summed E-state index contributed by atoms with van der Waals surface area (Å²) in [7, 11) is 0. The molecule has 5 rings (SSSR count). The SMILES string of the molecule is O=C(C1CCCN(c2nnc(N3CCCCC3=O)s2)C1)N1CCN(Cc2ccccc2)CC1. The van der Waals surface area contributed by atoms with E-state index in [0.29, 0.717) is 18.1 Å². The van der Waals surface area contributed by atoms with Crippen molar-refractivity contribution in [3.63, 3.8) is 0 Å². The van der Waals surface area contributed by atoms with E-state index in [0.717, 1.165) is 76.6 Å². The molecule has 0 saturated carbocycles. The molecule has 2 amide bonds. The van der Waals surface area contributed by atoms with Crippen molar-refractivity contribution in [3.8, 4) is 0 Å². The number of piperazine rings is 1. The van der Waals surface area contributed by atoms with E-state index in [-0.39, 0.29) is 17.7 Å². The molecule has 1 aromatic heterocycles. The Labute approximate surface area is 199 Å². The molecule has 3 fully saturated rings. The minimum absolute atomic E-state index is 0.00314. The molecular formula is C24H32N6O2S. The van der Waals surface area contributed by atoms with E-state index in [1.54, 1.807) is 4.90 Å². The molecule has 0 aliphatic carbocycles. The van der Waals surface area contributed by atoms with Gasteiger partial charge in [0, 0.05) is 58.8 Å². The average molecular weight is 469 g/mol. The molecule has 33 heavy (non-hydrogen) atoms. The Morgan fingerprint density at radius 1 is 0.939 bits per heavy atom. The second-order valence-corrected chi connectivity index (χ2v) is 10.2. The fourth-order valence-corrected chi connectivity index (χ4v) is 5.96. The van der Waals surface area contributed by atoms with E-state index in [2.05, 4.69) is 44.3 Å². The average Bonchev–Trinajstić information content (AvgIpc) is 3.35. The van der Waals surface area contributed by atoms with Crippen LogP contribution in [-0.2, 0) is 16.1 Å². The van der Waals surface area contributed by atoms with Crippen molar-refractivity contribution in [1.29, 1.82) is 0 Å². The molecule has 1 unspecified atom stereocenters. The van der Waals surface area contributed by atoms with Crippen LogP contribution in [0.1, 0.15) is 37.7 Å². The molecule has 1 aromatic carbocycles. The highest BCUT2D eigenvalue weighted by atomic mass is 32.1. The first-order valence-electron chi connectivity index (χ1n) is 12.1. The lowest BCUT2D eigenvalue weighted by Crippen LogP contribution is -2.52. The number of amides is 2. The summed E-state index contributed by atoms with van der Waals surface area (Å²) in [5, 5.41) is 10.2. The zero-order chi connectivity index (χ0) is 22.6. The largest absolute Gasteiger partial charge is 0.346 e. The van der Waals surface area contributed by atoms with Crippen molar-refractivity contribution in [2.24, 2.45) is 5.92 Å². The summed E-state index contributed by atoms with van der Waals surface area (Å²) >= 11 is 1.48. The van der Waals surface area contributed by atoms with Gasteiger partial charge in [-0.25, -0.2) is 0 Å². The van der Waals surface area contributed by atoms with Crippen LogP contribution in [0.2, 0.25) is 0 Å². The minimum atomic E-state index is 0.00314. The van der Waals surface area contributed by atoms with Gasteiger partial charge in [0.25, 0.3) is 0 Å². The van der Waals surface area contributed by atoms with Gasteiger partial charge in [0.15, 0.2) is 0 Å². The van der Waals surface area contributed by atoms with Gasteiger partial charge in [0.1, 0.15) is 0 Å². The zero-order valence-electron chi connectivity index (χ0n) is 19.1. The summed E-state index contributed by atoms with van der Waals surface area (Å²) in [6.45, 7) is 6.67. The third-order valence-electron chi connectivity index (χ3n) is 6.93. The monoisotopic (exact) mass is 468 g/mol. The molecule has 4 heterocycles. The lowest BCUT2D eigenvalue weighted by Gasteiger charge is -2.39. The second kappa shape index (κ2) is 10.2. The highest BCUT2D eigenvalue weighted by Gasteiger charge is 2.33. The Hall–Kier alpha value is -2.52. The van der Waals surface area contributed by atoms with Crippen molar-refractivity contribution in [3.05, 3.63) is 35.9 Å². The van der Waals surface area contributed by atoms with Gasteiger partial charge in [0.2, 0.25) is 22.1 Å². The van der Waals surface area contributed by atoms with Crippen molar-refractivity contribution in [2.75, 3.05) is 55.6 Å². The van der Waals surface area contributed by atoms with Crippen molar-refractivity contribution in [2.45, 2.75) is 38.6 Å². The molecule has 0 bridgehead atoms. The first kappa shape index (κ1) is 22.3. The van der Waals surface area contributed by atoms with Crippen LogP contribution in [0.15, 0.2) is 30.3 Å². The number of anilines is 2.